The van der Waals surface area contributed by atoms with Gasteiger partial charge in [-0.2, -0.15) is 0 Å². The third-order valence-corrected chi connectivity index (χ3v) is 5.91. The Morgan fingerprint density at radius 1 is 0.625 bits per heavy atom. The molecule has 0 spiro atoms. The summed E-state index contributed by atoms with van der Waals surface area (Å²) in [6.07, 6.45) is 1.70. The first-order valence-electron chi connectivity index (χ1n) is 10.3. The fraction of sp³-hybridized carbons (Fsp3) is 0.259. The van der Waals surface area contributed by atoms with Gasteiger partial charge < -0.3 is 24.4 Å². The van der Waals surface area contributed by atoms with E-state index in [1.54, 1.807) is 70.7 Å². The number of hydrogen-bond donors (Lipinski definition) is 2. The van der Waals surface area contributed by atoms with Crippen LogP contribution >= 0.6 is 0 Å². The lowest BCUT2D eigenvalue weighted by molar-refractivity contribution is 0.0876. The summed E-state index contributed by atoms with van der Waals surface area (Å²) in [5.41, 5.74) is -0.212. The second kappa shape index (κ2) is 9.47. The Bertz CT molecular complexity index is 1000. The molecule has 0 aliphatic carbocycles. The number of ether oxygens (including phenoxy) is 3. The Hall–Kier alpha value is -3.28. The molecule has 0 fully saturated rings. The van der Waals surface area contributed by atoms with E-state index in [-0.39, 0.29) is 0 Å². The van der Waals surface area contributed by atoms with E-state index in [0.29, 0.717) is 39.5 Å². The molecule has 3 aromatic rings. The molecular weight excluding hydrogens is 404 g/mol. The Morgan fingerprint density at radius 2 is 0.938 bits per heavy atom. The van der Waals surface area contributed by atoms with E-state index in [2.05, 4.69) is 0 Å². The molecule has 0 radical (unpaired) electrons. The Morgan fingerprint density at radius 3 is 1.25 bits per heavy atom. The van der Waals surface area contributed by atoms with Gasteiger partial charge in [0, 0.05) is 0 Å². The zero-order valence-corrected chi connectivity index (χ0v) is 19.1. The van der Waals surface area contributed by atoms with Crippen molar-refractivity contribution in [2.45, 2.75) is 25.0 Å². The standard InChI is InChI=1S/C27H30O5/c1-19(26(2,28)20-6-12-23(30-3)13-7-20)18-27(29,21-8-14-24(31-4)15-9-21)22-10-16-25(32-5)17-11-22/h6-18,28-29H,1-5H3. The Kier molecular flexibility index (Phi) is 6.92. The van der Waals surface area contributed by atoms with Crippen LogP contribution < -0.4 is 14.2 Å². The van der Waals surface area contributed by atoms with Gasteiger partial charge in [-0.15, -0.1) is 0 Å². The van der Waals surface area contributed by atoms with Gasteiger partial charge in [-0.1, -0.05) is 36.4 Å². The smallest absolute Gasteiger partial charge is 0.134 e. The average Bonchev–Trinajstić information content (AvgIpc) is 2.84. The van der Waals surface area contributed by atoms with Crippen molar-refractivity contribution in [3.8, 4) is 17.2 Å². The van der Waals surface area contributed by atoms with E-state index in [0.717, 1.165) is 0 Å². The van der Waals surface area contributed by atoms with Crippen LogP contribution in [-0.2, 0) is 11.2 Å². The van der Waals surface area contributed by atoms with E-state index in [4.69, 9.17) is 14.2 Å². The van der Waals surface area contributed by atoms with Crippen molar-refractivity contribution in [2.75, 3.05) is 21.3 Å². The number of hydrogen-bond acceptors (Lipinski definition) is 5. The van der Waals surface area contributed by atoms with Crippen molar-refractivity contribution in [2.24, 2.45) is 0 Å². The van der Waals surface area contributed by atoms with Gasteiger partial charge >= 0.3 is 0 Å². The largest absolute Gasteiger partial charge is 0.497 e. The molecule has 0 saturated heterocycles. The van der Waals surface area contributed by atoms with Gasteiger partial charge in [0.2, 0.25) is 0 Å². The highest BCUT2D eigenvalue weighted by atomic mass is 16.5. The van der Waals surface area contributed by atoms with Gasteiger partial charge in [0.25, 0.3) is 0 Å². The van der Waals surface area contributed by atoms with Crippen LogP contribution in [0.5, 0.6) is 17.2 Å². The molecule has 0 amide bonds. The van der Waals surface area contributed by atoms with Crippen molar-refractivity contribution in [1.82, 2.24) is 0 Å². The molecule has 5 nitrogen and oxygen atoms in total. The summed E-state index contributed by atoms with van der Waals surface area (Å²) < 4.78 is 15.8. The first-order chi connectivity index (χ1) is 15.2. The lowest BCUT2D eigenvalue weighted by Gasteiger charge is -2.32. The first kappa shape index (κ1) is 23.4. The van der Waals surface area contributed by atoms with E-state index in [1.165, 1.54) is 0 Å². The highest BCUT2D eigenvalue weighted by Crippen LogP contribution is 2.38. The predicted molar refractivity (Wildman–Crippen MR) is 125 cm³/mol. The molecule has 5 heteroatoms. The van der Waals surface area contributed by atoms with Gasteiger partial charge in [0.05, 0.1) is 21.3 Å². The van der Waals surface area contributed by atoms with Crippen LogP contribution in [0.15, 0.2) is 84.4 Å². The third-order valence-electron chi connectivity index (χ3n) is 5.91. The van der Waals surface area contributed by atoms with Crippen molar-refractivity contribution in [1.29, 1.82) is 0 Å². The van der Waals surface area contributed by atoms with Crippen molar-refractivity contribution in [3.63, 3.8) is 0 Å². The summed E-state index contributed by atoms with van der Waals surface area (Å²) in [5.74, 6) is 2.09. The minimum Gasteiger partial charge on any atom is -0.497 e. The number of methoxy groups -OCH3 is 3. The molecule has 0 aromatic heterocycles. The second-order valence-electron chi connectivity index (χ2n) is 7.85. The molecule has 32 heavy (non-hydrogen) atoms. The maximum atomic E-state index is 12.0. The van der Waals surface area contributed by atoms with Gasteiger partial charge in [0.15, 0.2) is 0 Å². The molecular formula is C27H30O5. The highest BCUT2D eigenvalue weighted by molar-refractivity contribution is 5.47. The van der Waals surface area contributed by atoms with Crippen LogP contribution in [0.3, 0.4) is 0 Å². The zero-order valence-electron chi connectivity index (χ0n) is 19.1. The van der Waals surface area contributed by atoms with Crippen LogP contribution in [-0.4, -0.2) is 31.5 Å². The molecule has 0 saturated carbocycles. The lowest BCUT2D eigenvalue weighted by atomic mass is 9.80. The minimum absolute atomic E-state index is 0.594. The molecule has 0 aliphatic heterocycles. The molecule has 1 atom stereocenters. The molecule has 2 N–H and O–H groups in total. The topological polar surface area (TPSA) is 68.2 Å². The van der Waals surface area contributed by atoms with Crippen LogP contribution in [0.2, 0.25) is 0 Å². The molecule has 0 bridgehead atoms. The minimum atomic E-state index is -1.49. The van der Waals surface area contributed by atoms with Gasteiger partial charge in [-0.3, -0.25) is 0 Å². The van der Waals surface area contributed by atoms with E-state index >= 15 is 0 Å². The molecule has 3 aromatic carbocycles. The molecule has 168 valence electrons. The summed E-state index contributed by atoms with van der Waals surface area (Å²) in [7, 11) is 4.80. The number of aliphatic hydroxyl groups is 2. The normalized spacial score (nSPS) is 13.9. The molecule has 0 heterocycles. The van der Waals surface area contributed by atoms with E-state index in [9.17, 15) is 10.2 Å². The summed E-state index contributed by atoms with van der Waals surface area (Å²) >= 11 is 0. The summed E-state index contributed by atoms with van der Waals surface area (Å²) in [6.45, 7) is 3.52. The third kappa shape index (κ3) is 4.64. The van der Waals surface area contributed by atoms with Gasteiger partial charge in [-0.05, 0) is 78.6 Å². The highest BCUT2D eigenvalue weighted by Gasteiger charge is 2.34. The molecule has 1 unspecified atom stereocenters. The van der Waals surface area contributed by atoms with Gasteiger partial charge in [-0.25, -0.2) is 0 Å². The van der Waals surface area contributed by atoms with Crippen LogP contribution in [0.1, 0.15) is 30.5 Å². The quantitative estimate of drug-likeness (QED) is 0.499. The Labute approximate surface area is 189 Å². The van der Waals surface area contributed by atoms with Gasteiger partial charge in [0.1, 0.15) is 28.5 Å². The fourth-order valence-corrected chi connectivity index (χ4v) is 3.62. The Balaban J connectivity index is 2.11. The monoisotopic (exact) mass is 434 g/mol. The van der Waals surface area contributed by atoms with Crippen LogP contribution in [0.25, 0.3) is 0 Å². The number of rotatable bonds is 8. The maximum absolute atomic E-state index is 12.0. The predicted octanol–water partition coefficient (Wildman–Crippen LogP) is 4.80. The second-order valence-corrected chi connectivity index (χ2v) is 7.85. The summed E-state index contributed by atoms with van der Waals surface area (Å²) in [4.78, 5) is 0. The number of benzene rings is 3. The lowest BCUT2D eigenvalue weighted by Crippen LogP contribution is -2.29. The van der Waals surface area contributed by atoms with Crippen LogP contribution in [0, 0.1) is 0 Å². The SMILES string of the molecule is COc1ccc(C(C)(O)C(C)=CC(O)(c2ccc(OC)cc2)c2ccc(OC)cc2)cc1. The van der Waals surface area contributed by atoms with Crippen molar-refractivity contribution in [3.05, 3.63) is 101 Å². The summed E-state index contributed by atoms with van der Waals surface area (Å²) in [6, 6.07) is 21.7. The maximum Gasteiger partial charge on any atom is 0.134 e. The van der Waals surface area contributed by atoms with Crippen molar-refractivity contribution < 1.29 is 24.4 Å². The van der Waals surface area contributed by atoms with Crippen LogP contribution in [0.4, 0.5) is 0 Å². The zero-order chi connectivity index (χ0) is 23.4. The van der Waals surface area contributed by atoms with Crippen molar-refractivity contribution >= 4 is 0 Å². The fourth-order valence-electron chi connectivity index (χ4n) is 3.62. The first-order valence-corrected chi connectivity index (χ1v) is 10.3. The molecule has 0 aliphatic rings. The van der Waals surface area contributed by atoms with E-state index in [1.807, 2.05) is 43.3 Å². The average molecular weight is 435 g/mol. The summed E-state index contributed by atoms with van der Waals surface area (Å²) in [5, 5.41) is 23.3. The molecule has 3 rings (SSSR count). The van der Waals surface area contributed by atoms with E-state index < -0.39 is 11.2 Å².